The number of aromatic nitrogens is 2. The quantitative estimate of drug-likeness (QED) is 0.413. The standard InChI is InChI=1S/C11H20N4O4/c1-8(2)9-10(15(17)18)11(14(3)13-9)12-4-6-19-7-5-16/h8,12,16H,4-7H2,1-3H3. The van der Waals surface area contributed by atoms with Gasteiger partial charge in [-0.3, -0.25) is 10.1 Å². The second kappa shape index (κ2) is 7.05. The van der Waals surface area contributed by atoms with Crippen LogP contribution in [0.4, 0.5) is 11.5 Å². The Bertz CT molecular complexity index is 431. The summed E-state index contributed by atoms with van der Waals surface area (Å²) in [7, 11) is 1.66. The lowest BCUT2D eigenvalue weighted by Gasteiger charge is -2.06. The number of aliphatic hydroxyl groups excluding tert-OH is 1. The molecular formula is C11H20N4O4. The van der Waals surface area contributed by atoms with Gasteiger partial charge >= 0.3 is 5.69 Å². The lowest BCUT2D eigenvalue weighted by molar-refractivity contribution is -0.384. The fourth-order valence-electron chi connectivity index (χ4n) is 1.71. The van der Waals surface area contributed by atoms with Gasteiger partial charge in [0, 0.05) is 19.5 Å². The van der Waals surface area contributed by atoms with Crippen molar-refractivity contribution in [3.8, 4) is 0 Å². The van der Waals surface area contributed by atoms with Crippen molar-refractivity contribution in [2.75, 3.05) is 31.7 Å². The molecular weight excluding hydrogens is 252 g/mol. The van der Waals surface area contributed by atoms with E-state index in [4.69, 9.17) is 9.84 Å². The summed E-state index contributed by atoms with van der Waals surface area (Å²) in [6.07, 6.45) is 0. The van der Waals surface area contributed by atoms with Crippen LogP contribution in [-0.4, -0.2) is 46.2 Å². The minimum absolute atomic E-state index is 0.0136. The molecule has 0 amide bonds. The summed E-state index contributed by atoms with van der Waals surface area (Å²) >= 11 is 0. The zero-order valence-corrected chi connectivity index (χ0v) is 11.4. The largest absolute Gasteiger partial charge is 0.394 e. The second-order valence-electron chi connectivity index (χ2n) is 4.38. The molecule has 2 N–H and O–H groups in total. The first kappa shape index (κ1) is 15.4. The minimum Gasteiger partial charge on any atom is -0.394 e. The van der Waals surface area contributed by atoms with Crippen LogP contribution in [0.25, 0.3) is 0 Å². The highest BCUT2D eigenvalue weighted by molar-refractivity contribution is 5.60. The molecule has 1 aromatic heterocycles. The van der Waals surface area contributed by atoms with Gasteiger partial charge in [0.15, 0.2) is 0 Å². The predicted molar refractivity (Wildman–Crippen MR) is 70.3 cm³/mol. The average Bonchev–Trinajstić information content (AvgIpc) is 2.67. The maximum absolute atomic E-state index is 11.1. The summed E-state index contributed by atoms with van der Waals surface area (Å²) in [6, 6.07) is 0. The van der Waals surface area contributed by atoms with Gasteiger partial charge in [-0.1, -0.05) is 13.8 Å². The van der Waals surface area contributed by atoms with Crippen LogP contribution >= 0.6 is 0 Å². The molecule has 0 saturated heterocycles. The predicted octanol–water partition coefficient (Wildman–Crippen LogP) is 0.873. The van der Waals surface area contributed by atoms with E-state index in [9.17, 15) is 10.1 Å². The van der Waals surface area contributed by atoms with E-state index in [0.717, 1.165) is 0 Å². The van der Waals surface area contributed by atoms with Gasteiger partial charge in [0.25, 0.3) is 0 Å². The molecule has 0 aliphatic heterocycles. The van der Waals surface area contributed by atoms with Gasteiger partial charge in [-0.05, 0) is 0 Å². The fourth-order valence-corrected chi connectivity index (χ4v) is 1.71. The third kappa shape index (κ3) is 3.90. The molecule has 19 heavy (non-hydrogen) atoms. The SMILES string of the molecule is CC(C)c1nn(C)c(NCCOCCO)c1[N+](=O)[O-]. The van der Waals surface area contributed by atoms with Crippen LogP contribution in [0.2, 0.25) is 0 Å². The lowest BCUT2D eigenvalue weighted by atomic mass is 10.1. The molecule has 0 aliphatic carbocycles. The zero-order chi connectivity index (χ0) is 14.4. The summed E-state index contributed by atoms with van der Waals surface area (Å²) in [5, 5.41) is 26.8. The van der Waals surface area contributed by atoms with Gasteiger partial charge < -0.3 is 15.2 Å². The number of anilines is 1. The Morgan fingerprint density at radius 1 is 1.53 bits per heavy atom. The molecule has 1 rings (SSSR count). The van der Waals surface area contributed by atoms with Crippen LogP contribution in [0.3, 0.4) is 0 Å². The monoisotopic (exact) mass is 272 g/mol. The molecule has 8 nitrogen and oxygen atoms in total. The minimum atomic E-state index is -0.417. The van der Waals surface area contributed by atoms with E-state index >= 15 is 0 Å². The Morgan fingerprint density at radius 2 is 2.21 bits per heavy atom. The van der Waals surface area contributed by atoms with Gasteiger partial charge in [0.05, 0.1) is 24.7 Å². The highest BCUT2D eigenvalue weighted by atomic mass is 16.6. The number of aryl methyl sites for hydroxylation is 1. The summed E-state index contributed by atoms with van der Waals surface area (Å²) in [5.41, 5.74) is 0.478. The van der Waals surface area contributed by atoms with Crippen molar-refractivity contribution in [1.29, 1.82) is 0 Å². The number of hydrogen-bond donors (Lipinski definition) is 2. The number of aliphatic hydroxyl groups is 1. The highest BCUT2D eigenvalue weighted by Gasteiger charge is 2.28. The third-order valence-electron chi connectivity index (χ3n) is 2.55. The summed E-state index contributed by atoms with van der Waals surface area (Å²) in [6.45, 7) is 4.72. The molecule has 1 heterocycles. The van der Waals surface area contributed by atoms with Crippen LogP contribution in [0.15, 0.2) is 0 Å². The van der Waals surface area contributed by atoms with Gasteiger partial charge in [0.2, 0.25) is 5.82 Å². The van der Waals surface area contributed by atoms with Crippen molar-refractivity contribution in [1.82, 2.24) is 9.78 Å². The molecule has 0 fully saturated rings. The number of hydrogen-bond acceptors (Lipinski definition) is 6. The van der Waals surface area contributed by atoms with E-state index in [1.807, 2.05) is 13.8 Å². The second-order valence-corrected chi connectivity index (χ2v) is 4.38. The van der Waals surface area contributed by atoms with Crippen molar-refractivity contribution in [2.45, 2.75) is 19.8 Å². The molecule has 0 saturated carbocycles. The normalized spacial score (nSPS) is 11.0. The van der Waals surface area contributed by atoms with Crippen molar-refractivity contribution in [3.05, 3.63) is 15.8 Å². The maximum atomic E-state index is 11.1. The number of nitrogens with one attached hydrogen (secondary N) is 1. The van der Waals surface area contributed by atoms with Gasteiger partial charge in [-0.15, -0.1) is 0 Å². The van der Waals surface area contributed by atoms with Crippen LogP contribution in [0.1, 0.15) is 25.5 Å². The lowest BCUT2D eigenvalue weighted by Crippen LogP contribution is -2.14. The van der Waals surface area contributed by atoms with Crippen LogP contribution in [-0.2, 0) is 11.8 Å². The first-order valence-electron chi connectivity index (χ1n) is 6.12. The van der Waals surface area contributed by atoms with E-state index in [2.05, 4.69) is 10.4 Å². The van der Waals surface area contributed by atoms with E-state index < -0.39 is 4.92 Å². The molecule has 0 spiro atoms. The van der Waals surface area contributed by atoms with Crippen molar-refractivity contribution in [2.24, 2.45) is 7.05 Å². The summed E-state index contributed by atoms with van der Waals surface area (Å²) < 4.78 is 6.56. The van der Waals surface area contributed by atoms with Gasteiger partial charge in [0.1, 0.15) is 5.69 Å². The molecule has 8 heteroatoms. The molecule has 0 aromatic carbocycles. The van der Waals surface area contributed by atoms with Crippen molar-refractivity contribution in [3.63, 3.8) is 0 Å². The summed E-state index contributed by atoms with van der Waals surface area (Å²) in [5.74, 6) is 0.356. The van der Waals surface area contributed by atoms with E-state index in [-0.39, 0.29) is 24.8 Å². The highest BCUT2D eigenvalue weighted by Crippen LogP contribution is 2.32. The first-order chi connectivity index (χ1) is 8.99. The Morgan fingerprint density at radius 3 is 2.74 bits per heavy atom. The van der Waals surface area contributed by atoms with Crippen LogP contribution < -0.4 is 5.32 Å². The average molecular weight is 272 g/mol. The maximum Gasteiger partial charge on any atom is 0.334 e. The Hall–Kier alpha value is -1.67. The fraction of sp³-hybridized carbons (Fsp3) is 0.727. The van der Waals surface area contributed by atoms with Gasteiger partial charge in [-0.25, -0.2) is 4.68 Å². The van der Waals surface area contributed by atoms with Crippen LogP contribution in [0, 0.1) is 10.1 Å². The molecule has 0 atom stereocenters. The number of ether oxygens (including phenoxy) is 1. The van der Waals surface area contributed by atoms with Crippen LogP contribution in [0.5, 0.6) is 0 Å². The third-order valence-corrected chi connectivity index (χ3v) is 2.55. The van der Waals surface area contributed by atoms with Gasteiger partial charge in [-0.2, -0.15) is 5.10 Å². The number of nitrogens with zero attached hydrogens (tertiary/aromatic N) is 3. The number of rotatable bonds is 8. The van der Waals surface area contributed by atoms with Crippen molar-refractivity contribution < 1.29 is 14.8 Å². The van der Waals surface area contributed by atoms with E-state index in [0.29, 0.717) is 24.7 Å². The summed E-state index contributed by atoms with van der Waals surface area (Å²) in [4.78, 5) is 10.7. The first-order valence-corrected chi connectivity index (χ1v) is 6.12. The Balaban J connectivity index is 2.79. The van der Waals surface area contributed by atoms with E-state index in [1.54, 1.807) is 7.05 Å². The topological polar surface area (TPSA) is 102 Å². The number of nitro groups is 1. The molecule has 108 valence electrons. The molecule has 0 aliphatic rings. The molecule has 0 radical (unpaired) electrons. The van der Waals surface area contributed by atoms with E-state index in [1.165, 1.54) is 4.68 Å². The zero-order valence-electron chi connectivity index (χ0n) is 11.4. The molecule has 0 unspecified atom stereocenters. The molecule has 0 bridgehead atoms. The Kier molecular flexibility index (Phi) is 5.71. The smallest absolute Gasteiger partial charge is 0.334 e. The molecule has 1 aromatic rings. The van der Waals surface area contributed by atoms with Crippen molar-refractivity contribution >= 4 is 11.5 Å². The Labute approximate surface area is 111 Å².